The minimum Gasteiger partial charge on any atom is -0.454 e. The fourth-order valence-corrected chi connectivity index (χ4v) is 2.48. The molecule has 0 aliphatic rings. The Hall–Kier alpha value is -4.08. The van der Waals surface area contributed by atoms with Gasteiger partial charge in [0.05, 0.1) is 4.92 Å². The molecule has 0 unspecified atom stereocenters. The first-order valence-corrected chi connectivity index (χ1v) is 8.92. The van der Waals surface area contributed by atoms with Crippen LogP contribution in [-0.2, 0) is 16.1 Å². The summed E-state index contributed by atoms with van der Waals surface area (Å²) in [7, 11) is 0. The highest BCUT2D eigenvalue weighted by Crippen LogP contribution is 2.21. The quantitative estimate of drug-likeness (QED) is 0.356. The van der Waals surface area contributed by atoms with Gasteiger partial charge in [-0.2, -0.15) is 0 Å². The zero-order chi connectivity index (χ0) is 21.7. The number of hydrogen-bond acceptors (Lipinski definition) is 8. The van der Waals surface area contributed by atoms with E-state index in [2.05, 4.69) is 15.5 Å². The van der Waals surface area contributed by atoms with Gasteiger partial charge in [0.15, 0.2) is 6.61 Å². The number of hydrogen-bond donors (Lipinski definition) is 1. The summed E-state index contributed by atoms with van der Waals surface area (Å²) in [5.74, 6) is -0.855. The molecule has 154 valence electrons. The highest BCUT2D eigenvalue weighted by Gasteiger charge is 2.14. The number of carbonyl (C=O) groups excluding carboxylic acids is 2. The Bertz CT molecular complexity index is 1090. The van der Waals surface area contributed by atoms with Gasteiger partial charge in [0.1, 0.15) is 6.54 Å². The molecule has 0 aliphatic heterocycles. The van der Waals surface area contributed by atoms with Gasteiger partial charge >= 0.3 is 5.97 Å². The molecule has 3 rings (SSSR count). The Morgan fingerprint density at radius 1 is 1.10 bits per heavy atom. The van der Waals surface area contributed by atoms with Crippen molar-refractivity contribution in [2.24, 2.45) is 0 Å². The number of esters is 1. The summed E-state index contributed by atoms with van der Waals surface area (Å²) in [5, 5.41) is 20.8. The van der Waals surface area contributed by atoms with E-state index in [9.17, 15) is 19.7 Å². The maximum atomic E-state index is 12.1. The second-order valence-electron chi connectivity index (χ2n) is 6.45. The van der Waals surface area contributed by atoms with Crippen LogP contribution in [0, 0.1) is 24.0 Å². The number of benzene rings is 2. The topological polar surface area (TPSA) is 137 Å². The lowest BCUT2D eigenvalue weighted by Gasteiger charge is -2.07. The zero-order valence-electron chi connectivity index (χ0n) is 16.2. The number of non-ortho nitro benzene ring substituents is 1. The van der Waals surface area contributed by atoms with Crippen molar-refractivity contribution in [1.82, 2.24) is 15.5 Å². The average molecular weight is 410 g/mol. The third-order valence-electron chi connectivity index (χ3n) is 4.31. The van der Waals surface area contributed by atoms with Crippen molar-refractivity contribution in [3.05, 3.63) is 75.2 Å². The van der Waals surface area contributed by atoms with Crippen LogP contribution in [0.5, 0.6) is 0 Å². The van der Waals surface area contributed by atoms with Crippen molar-refractivity contribution >= 4 is 17.6 Å². The second-order valence-corrected chi connectivity index (χ2v) is 6.45. The van der Waals surface area contributed by atoms with Crippen LogP contribution in [0.15, 0.2) is 46.9 Å². The van der Waals surface area contributed by atoms with Crippen LogP contribution in [0.1, 0.15) is 27.4 Å². The monoisotopic (exact) mass is 410 g/mol. The van der Waals surface area contributed by atoms with Crippen LogP contribution in [0.4, 0.5) is 5.69 Å². The normalized spacial score (nSPS) is 10.5. The molecule has 10 heteroatoms. The van der Waals surface area contributed by atoms with Crippen molar-refractivity contribution in [1.29, 1.82) is 0 Å². The lowest BCUT2D eigenvalue weighted by Crippen LogP contribution is -2.30. The zero-order valence-corrected chi connectivity index (χ0v) is 16.2. The van der Waals surface area contributed by atoms with Crippen molar-refractivity contribution in [3.8, 4) is 11.5 Å². The van der Waals surface area contributed by atoms with Gasteiger partial charge < -0.3 is 14.5 Å². The third kappa shape index (κ3) is 5.04. The number of aryl methyl sites for hydroxylation is 2. The summed E-state index contributed by atoms with van der Waals surface area (Å²) in [4.78, 5) is 34.1. The molecule has 1 amide bonds. The van der Waals surface area contributed by atoms with Crippen LogP contribution in [0.2, 0.25) is 0 Å². The van der Waals surface area contributed by atoms with E-state index in [4.69, 9.17) is 9.15 Å². The van der Waals surface area contributed by atoms with Gasteiger partial charge in [-0.3, -0.25) is 19.7 Å². The lowest BCUT2D eigenvalue weighted by molar-refractivity contribution is -0.384. The molecule has 0 bridgehead atoms. The minimum atomic E-state index is -0.665. The van der Waals surface area contributed by atoms with E-state index in [1.165, 1.54) is 24.3 Å². The highest BCUT2D eigenvalue weighted by atomic mass is 16.6. The summed E-state index contributed by atoms with van der Waals surface area (Å²) in [5.41, 5.74) is 2.93. The van der Waals surface area contributed by atoms with Crippen molar-refractivity contribution in [2.75, 3.05) is 6.54 Å². The summed E-state index contributed by atoms with van der Waals surface area (Å²) in [6.07, 6.45) is 0. The van der Waals surface area contributed by atoms with E-state index in [-0.39, 0.29) is 36.5 Å². The molecule has 1 aromatic heterocycles. The maximum absolute atomic E-state index is 12.1. The Kier molecular flexibility index (Phi) is 6.16. The number of ether oxygens (including phenoxy) is 1. The Morgan fingerprint density at radius 2 is 1.83 bits per heavy atom. The Morgan fingerprint density at radius 3 is 2.50 bits per heavy atom. The van der Waals surface area contributed by atoms with Crippen molar-refractivity contribution in [3.63, 3.8) is 0 Å². The molecule has 0 radical (unpaired) electrons. The Labute approximate surface area is 171 Å². The molecule has 0 saturated carbocycles. The molecule has 30 heavy (non-hydrogen) atoms. The van der Waals surface area contributed by atoms with Crippen LogP contribution in [0.25, 0.3) is 11.5 Å². The summed E-state index contributed by atoms with van der Waals surface area (Å²) in [6.45, 7) is 3.27. The Balaban J connectivity index is 1.49. The molecular formula is C20H18N4O6. The molecule has 0 saturated heterocycles. The molecule has 2 aromatic carbocycles. The van der Waals surface area contributed by atoms with E-state index < -0.39 is 10.9 Å². The molecule has 1 heterocycles. The standard InChI is InChI=1S/C20H18N4O6/c1-12-3-4-15(9-13(12)2)19(26)21-10-18(25)29-11-17-22-23-20(30-17)14-5-7-16(8-6-14)24(27)28/h3-9H,10-11H2,1-2H3,(H,21,26). The third-order valence-corrected chi connectivity index (χ3v) is 4.31. The van der Waals surface area contributed by atoms with Crippen LogP contribution >= 0.6 is 0 Å². The first-order chi connectivity index (χ1) is 14.3. The summed E-state index contributed by atoms with van der Waals surface area (Å²) in [6, 6.07) is 10.8. The fourth-order valence-electron chi connectivity index (χ4n) is 2.48. The number of rotatable bonds is 7. The van der Waals surface area contributed by atoms with Gasteiger partial charge in [-0.1, -0.05) is 6.07 Å². The van der Waals surface area contributed by atoms with Gasteiger partial charge in [0.25, 0.3) is 17.5 Å². The molecule has 10 nitrogen and oxygen atoms in total. The maximum Gasteiger partial charge on any atom is 0.325 e. The molecular weight excluding hydrogens is 392 g/mol. The first kappa shape index (κ1) is 20.6. The van der Waals surface area contributed by atoms with Crippen LogP contribution in [0.3, 0.4) is 0 Å². The number of nitrogens with one attached hydrogen (secondary N) is 1. The summed E-state index contributed by atoms with van der Waals surface area (Å²) >= 11 is 0. The molecule has 1 N–H and O–H groups in total. The van der Waals surface area contributed by atoms with E-state index in [1.54, 1.807) is 12.1 Å². The highest BCUT2D eigenvalue weighted by molar-refractivity contribution is 5.96. The predicted molar refractivity (Wildman–Crippen MR) is 104 cm³/mol. The average Bonchev–Trinajstić information content (AvgIpc) is 3.21. The van der Waals surface area contributed by atoms with Crippen LogP contribution in [-0.4, -0.2) is 33.5 Å². The number of nitro benzene ring substituents is 1. The molecule has 0 atom stereocenters. The number of amides is 1. The van der Waals surface area contributed by atoms with E-state index in [1.807, 2.05) is 19.9 Å². The predicted octanol–water partition coefficient (Wildman–Crippen LogP) is 2.73. The molecule has 0 spiro atoms. The smallest absolute Gasteiger partial charge is 0.325 e. The van der Waals surface area contributed by atoms with E-state index in [0.29, 0.717) is 11.1 Å². The van der Waals surface area contributed by atoms with Gasteiger partial charge in [0.2, 0.25) is 5.89 Å². The van der Waals surface area contributed by atoms with Gasteiger partial charge in [0, 0.05) is 23.3 Å². The number of nitro groups is 1. The van der Waals surface area contributed by atoms with E-state index >= 15 is 0 Å². The largest absolute Gasteiger partial charge is 0.454 e. The second kappa shape index (κ2) is 8.95. The van der Waals surface area contributed by atoms with Gasteiger partial charge in [-0.25, -0.2) is 0 Å². The lowest BCUT2D eigenvalue weighted by atomic mass is 10.1. The molecule has 0 aliphatic carbocycles. The number of aromatic nitrogens is 2. The van der Waals surface area contributed by atoms with Crippen molar-refractivity contribution in [2.45, 2.75) is 20.5 Å². The SMILES string of the molecule is Cc1ccc(C(=O)NCC(=O)OCc2nnc(-c3ccc([N+](=O)[O-])cc3)o2)cc1C. The molecule has 3 aromatic rings. The van der Waals surface area contributed by atoms with Gasteiger partial charge in [-0.05, 0) is 49.2 Å². The fraction of sp³-hybridized carbons (Fsp3) is 0.200. The van der Waals surface area contributed by atoms with Crippen LogP contribution < -0.4 is 5.32 Å². The van der Waals surface area contributed by atoms with Gasteiger partial charge in [-0.15, -0.1) is 10.2 Å². The van der Waals surface area contributed by atoms with E-state index in [0.717, 1.165) is 11.1 Å². The van der Waals surface area contributed by atoms with Crippen molar-refractivity contribution < 1.29 is 23.7 Å². The minimum absolute atomic E-state index is 0.0530. The number of nitrogens with zero attached hydrogens (tertiary/aromatic N) is 3. The molecule has 0 fully saturated rings. The first-order valence-electron chi connectivity index (χ1n) is 8.92. The number of carbonyl (C=O) groups is 2. The summed E-state index contributed by atoms with van der Waals surface area (Å²) < 4.78 is 10.4.